The van der Waals surface area contributed by atoms with Gasteiger partial charge in [0.25, 0.3) is 0 Å². The summed E-state index contributed by atoms with van der Waals surface area (Å²) in [6.45, 7) is 0. The highest BCUT2D eigenvalue weighted by Crippen LogP contribution is 2.36. The molecule has 0 N–H and O–H groups in total. The highest BCUT2D eigenvalue weighted by Gasteiger charge is 2.19. The average Bonchev–Trinajstić information content (AvgIpc) is 2.34. The second kappa shape index (κ2) is 3.67. The zero-order chi connectivity index (χ0) is 7.56. The quantitative estimate of drug-likeness (QED) is 0.486. The molecule has 1 aliphatic carbocycles. The molecule has 0 bridgehead atoms. The second-order valence-corrected chi connectivity index (χ2v) is 3.97. The minimum absolute atomic E-state index is 0.266. The molecule has 0 unspecified atom stereocenters. The normalized spacial score (nSPS) is 27.2. The van der Waals surface area contributed by atoms with E-state index in [4.69, 9.17) is 0 Å². The van der Waals surface area contributed by atoms with Gasteiger partial charge in [0.05, 0.1) is 0 Å². The first-order valence-electron chi connectivity index (χ1n) is 3.35. The summed E-state index contributed by atoms with van der Waals surface area (Å²) in [7, 11) is 0. The van der Waals surface area contributed by atoms with Gasteiger partial charge in [-0.3, -0.25) is 10.0 Å². The summed E-state index contributed by atoms with van der Waals surface area (Å²) in [6, 6.07) is 0. The summed E-state index contributed by atoms with van der Waals surface area (Å²) in [5.74, 6) is 0.266. The second-order valence-electron chi connectivity index (χ2n) is 2.53. The van der Waals surface area contributed by atoms with E-state index < -0.39 is 0 Å². The molecule has 0 aliphatic heterocycles. The smallest absolute Gasteiger partial charge is 0.189 e. The molecular weight excluding hydrogens is 164 g/mol. The Balaban J connectivity index is 2.37. The van der Waals surface area contributed by atoms with E-state index in [-0.39, 0.29) is 5.92 Å². The molecule has 10 heavy (non-hydrogen) atoms. The topological polar surface area (TPSA) is 17.1 Å². The van der Waals surface area contributed by atoms with Crippen LogP contribution in [0.4, 0.5) is 0 Å². The number of hydrogen-bond acceptors (Lipinski definition) is 3. The van der Waals surface area contributed by atoms with Crippen molar-refractivity contribution >= 4 is 29.5 Å². The van der Waals surface area contributed by atoms with Gasteiger partial charge in [0.1, 0.15) is 0 Å². The zero-order valence-electron chi connectivity index (χ0n) is 5.96. The first kappa shape index (κ1) is 8.47. The lowest BCUT2D eigenvalue weighted by molar-refractivity contribution is -0.114. The van der Waals surface area contributed by atoms with Crippen LogP contribution in [-0.4, -0.2) is 11.4 Å². The van der Waals surface area contributed by atoms with Crippen LogP contribution in [0.1, 0.15) is 19.3 Å². The number of carbonyl (C=O) groups excluding carboxylic acids is 1. The molecule has 1 rings (SSSR count). The van der Waals surface area contributed by atoms with Crippen molar-refractivity contribution in [3.05, 3.63) is 5.25 Å². The molecule has 0 aromatic rings. The van der Waals surface area contributed by atoms with Crippen LogP contribution in [0.25, 0.3) is 0 Å². The zero-order valence-corrected chi connectivity index (χ0v) is 7.67. The molecule has 0 aromatic heterocycles. The molecule has 0 radical (unpaired) electrons. The standard InChI is InChI=1S/C7H11OS2/c1-10-7(8)5-2-3-6(9)4-5/h5,9H,2-4H2,1H3/q-1/t5-/m1/s1. The van der Waals surface area contributed by atoms with Gasteiger partial charge in [-0.2, -0.15) is 12.8 Å². The van der Waals surface area contributed by atoms with E-state index in [2.05, 4.69) is 12.6 Å². The monoisotopic (exact) mass is 175 g/mol. The van der Waals surface area contributed by atoms with Crippen LogP contribution in [0.3, 0.4) is 0 Å². The van der Waals surface area contributed by atoms with E-state index >= 15 is 0 Å². The van der Waals surface area contributed by atoms with Gasteiger partial charge in [-0.25, -0.2) is 0 Å². The van der Waals surface area contributed by atoms with Gasteiger partial charge in [-0.05, 0) is 12.2 Å². The number of carbonyl (C=O) groups is 1. The van der Waals surface area contributed by atoms with Gasteiger partial charge >= 0.3 is 0 Å². The van der Waals surface area contributed by atoms with Gasteiger partial charge in [0, 0.05) is 0 Å². The van der Waals surface area contributed by atoms with E-state index in [1.54, 1.807) is 0 Å². The lowest BCUT2D eigenvalue weighted by Crippen LogP contribution is -2.05. The first-order valence-corrected chi connectivity index (χ1v) is 5.02. The molecule has 1 atom stereocenters. The highest BCUT2D eigenvalue weighted by atomic mass is 32.2. The minimum atomic E-state index is 0.266. The van der Waals surface area contributed by atoms with Gasteiger partial charge < -0.3 is 12.6 Å². The third kappa shape index (κ3) is 1.92. The van der Waals surface area contributed by atoms with Crippen molar-refractivity contribution in [3.8, 4) is 0 Å². The van der Waals surface area contributed by atoms with Gasteiger partial charge in [0.15, 0.2) is 5.12 Å². The predicted molar refractivity (Wildman–Crippen MR) is 48.1 cm³/mol. The Labute approximate surface area is 71.4 Å². The summed E-state index contributed by atoms with van der Waals surface area (Å²) in [5, 5.41) is 1.51. The summed E-state index contributed by atoms with van der Waals surface area (Å²) in [5.41, 5.74) is 0. The molecule has 1 nitrogen and oxygen atoms in total. The Morgan fingerprint density at radius 3 is 2.90 bits per heavy atom. The number of hydrogen-bond donors (Lipinski definition) is 1. The summed E-state index contributed by atoms with van der Waals surface area (Å²) >= 11 is 5.58. The SMILES string of the molecule is CSC(=O)[C@@H]1CC[C-](S)C1. The Hall–Kier alpha value is 0.370. The fourth-order valence-electron chi connectivity index (χ4n) is 1.20. The summed E-state index contributed by atoms with van der Waals surface area (Å²) < 4.78 is 0. The largest absolute Gasteiger partial charge is 0.366 e. The van der Waals surface area contributed by atoms with Crippen molar-refractivity contribution in [1.82, 2.24) is 0 Å². The maximum absolute atomic E-state index is 11.1. The summed E-state index contributed by atoms with van der Waals surface area (Å²) in [6.07, 6.45) is 4.79. The Bertz CT molecular complexity index is 136. The molecule has 0 aromatic carbocycles. The van der Waals surface area contributed by atoms with Gasteiger partial charge in [-0.15, -0.1) is 0 Å². The average molecular weight is 175 g/mol. The number of thioether (sulfide) groups is 1. The fraction of sp³-hybridized carbons (Fsp3) is 0.714. The summed E-state index contributed by atoms with van der Waals surface area (Å²) in [4.78, 5) is 11.1. The first-order chi connectivity index (χ1) is 4.74. The van der Waals surface area contributed by atoms with E-state index in [1.165, 1.54) is 17.0 Å². The van der Waals surface area contributed by atoms with Gasteiger partial charge in [-0.1, -0.05) is 18.2 Å². The van der Waals surface area contributed by atoms with Crippen LogP contribution in [0.2, 0.25) is 0 Å². The molecule has 0 amide bonds. The maximum Gasteiger partial charge on any atom is 0.189 e. The van der Waals surface area contributed by atoms with E-state index in [0.717, 1.165) is 19.3 Å². The molecule has 0 saturated heterocycles. The number of thiol groups is 1. The third-order valence-electron chi connectivity index (χ3n) is 1.80. The minimum Gasteiger partial charge on any atom is -0.366 e. The molecule has 0 heterocycles. The molecular formula is C7H11OS2-. The third-order valence-corrected chi connectivity index (χ3v) is 2.94. The van der Waals surface area contributed by atoms with Gasteiger partial charge in [0.2, 0.25) is 0 Å². The lowest BCUT2D eigenvalue weighted by Gasteiger charge is -2.13. The van der Waals surface area contributed by atoms with Crippen molar-refractivity contribution in [2.75, 3.05) is 6.26 Å². The van der Waals surface area contributed by atoms with Crippen molar-refractivity contribution in [3.63, 3.8) is 0 Å². The number of rotatable bonds is 1. The van der Waals surface area contributed by atoms with Crippen molar-refractivity contribution in [2.24, 2.45) is 5.92 Å². The van der Waals surface area contributed by atoms with Crippen LogP contribution >= 0.6 is 24.4 Å². The van der Waals surface area contributed by atoms with E-state index in [0.29, 0.717) is 5.12 Å². The van der Waals surface area contributed by atoms with Crippen LogP contribution in [0.15, 0.2) is 0 Å². The Morgan fingerprint density at radius 1 is 1.80 bits per heavy atom. The van der Waals surface area contributed by atoms with Crippen LogP contribution in [0.5, 0.6) is 0 Å². The lowest BCUT2D eigenvalue weighted by atomic mass is 10.1. The predicted octanol–water partition coefficient (Wildman–Crippen LogP) is 2.14. The van der Waals surface area contributed by atoms with Crippen molar-refractivity contribution in [2.45, 2.75) is 19.3 Å². The molecule has 1 saturated carbocycles. The van der Waals surface area contributed by atoms with Crippen LogP contribution < -0.4 is 0 Å². The highest BCUT2D eigenvalue weighted by molar-refractivity contribution is 8.13. The van der Waals surface area contributed by atoms with Crippen LogP contribution in [-0.2, 0) is 4.79 Å². The Morgan fingerprint density at radius 2 is 2.50 bits per heavy atom. The fourth-order valence-corrected chi connectivity index (χ4v) is 2.08. The molecule has 1 fully saturated rings. The van der Waals surface area contributed by atoms with Crippen molar-refractivity contribution in [1.29, 1.82) is 0 Å². The Kier molecular flexibility index (Phi) is 3.11. The van der Waals surface area contributed by atoms with E-state index in [1.807, 2.05) is 6.26 Å². The van der Waals surface area contributed by atoms with Crippen LogP contribution in [0, 0.1) is 11.2 Å². The van der Waals surface area contributed by atoms with E-state index in [9.17, 15) is 4.79 Å². The molecule has 58 valence electrons. The van der Waals surface area contributed by atoms with Crippen molar-refractivity contribution < 1.29 is 4.79 Å². The molecule has 0 spiro atoms. The maximum atomic E-state index is 11.1. The molecule has 1 aliphatic rings. The molecule has 3 heteroatoms.